The van der Waals surface area contributed by atoms with Crippen LogP contribution in [-0.4, -0.2) is 32.3 Å². The summed E-state index contributed by atoms with van der Waals surface area (Å²) in [7, 11) is 0. The Labute approximate surface area is 155 Å². The highest BCUT2D eigenvalue weighted by Gasteiger charge is 2.28. The second-order valence-electron chi connectivity index (χ2n) is 6.41. The van der Waals surface area contributed by atoms with E-state index in [1.54, 1.807) is 16.7 Å². The van der Waals surface area contributed by atoms with Gasteiger partial charge in [0.05, 0.1) is 15.8 Å². The Morgan fingerprint density at radius 3 is 2.96 bits per heavy atom. The van der Waals surface area contributed by atoms with E-state index in [2.05, 4.69) is 29.4 Å². The highest BCUT2D eigenvalue weighted by molar-refractivity contribution is 7.99. The number of fused-ring (bicyclic) bond motifs is 1. The molecule has 1 saturated carbocycles. The Morgan fingerprint density at radius 1 is 1.38 bits per heavy atom. The van der Waals surface area contributed by atoms with Crippen LogP contribution in [0.2, 0.25) is 10.0 Å². The third-order valence-corrected chi connectivity index (χ3v) is 6.21. The van der Waals surface area contributed by atoms with Crippen molar-refractivity contribution >= 4 is 46.5 Å². The van der Waals surface area contributed by atoms with E-state index in [9.17, 15) is 4.79 Å². The third-order valence-electron chi connectivity index (χ3n) is 4.78. The maximum absolute atomic E-state index is 12.3. The molecule has 1 fully saturated rings. The molecule has 2 aromatic heterocycles. The number of thioether (sulfide) groups is 1. The maximum Gasteiger partial charge on any atom is 0.230 e. The number of nitrogens with zero attached hydrogens (tertiary/aromatic N) is 3. The van der Waals surface area contributed by atoms with Crippen molar-refractivity contribution in [2.45, 2.75) is 44.3 Å². The summed E-state index contributed by atoms with van der Waals surface area (Å²) in [6.45, 7) is 4.48. The molecule has 3 atom stereocenters. The molecule has 0 saturated heterocycles. The fourth-order valence-corrected chi connectivity index (χ4v) is 4.39. The van der Waals surface area contributed by atoms with Crippen LogP contribution in [0.25, 0.3) is 5.65 Å². The van der Waals surface area contributed by atoms with Crippen LogP contribution in [0, 0.1) is 11.8 Å². The van der Waals surface area contributed by atoms with Crippen molar-refractivity contribution < 1.29 is 4.79 Å². The van der Waals surface area contributed by atoms with Gasteiger partial charge in [0.1, 0.15) is 0 Å². The number of pyridine rings is 1. The topological polar surface area (TPSA) is 59.3 Å². The smallest absolute Gasteiger partial charge is 0.230 e. The molecule has 1 amide bonds. The summed E-state index contributed by atoms with van der Waals surface area (Å²) in [5.74, 6) is 1.49. The van der Waals surface area contributed by atoms with E-state index >= 15 is 0 Å². The molecule has 0 spiro atoms. The Kier molecular flexibility index (Phi) is 5.57. The molecule has 24 heavy (non-hydrogen) atoms. The molecular formula is C16H20Cl2N4OS. The van der Waals surface area contributed by atoms with Gasteiger partial charge in [0, 0.05) is 12.2 Å². The van der Waals surface area contributed by atoms with Gasteiger partial charge in [-0.25, -0.2) is 0 Å². The summed E-state index contributed by atoms with van der Waals surface area (Å²) in [4.78, 5) is 12.3. The van der Waals surface area contributed by atoms with Gasteiger partial charge in [-0.2, -0.15) is 0 Å². The molecule has 130 valence electrons. The van der Waals surface area contributed by atoms with E-state index in [1.165, 1.54) is 24.6 Å². The fourth-order valence-electron chi connectivity index (χ4n) is 3.17. The van der Waals surface area contributed by atoms with Gasteiger partial charge in [-0.05, 0) is 24.3 Å². The van der Waals surface area contributed by atoms with E-state index in [1.807, 2.05) is 0 Å². The lowest BCUT2D eigenvalue weighted by Crippen LogP contribution is -2.44. The first-order chi connectivity index (χ1) is 11.5. The third kappa shape index (κ3) is 3.81. The van der Waals surface area contributed by atoms with Crippen LogP contribution in [0.1, 0.15) is 33.1 Å². The van der Waals surface area contributed by atoms with E-state index in [-0.39, 0.29) is 11.9 Å². The van der Waals surface area contributed by atoms with E-state index in [0.717, 1.165) is 6.42 Å². The molecule has 3 rings (SSSR count). The molecular weight excluding hydrogens is 367 g/mol. The first kappa shape index (κ1) is 17.8. The summed E-state index contributed by atoms with van der Waals surface area (Å²) >= 11 is 13.5. The van der Waals surface area contributed by atoms with Crippen molar-refractivity contribution in [1.82, 2.24) is 19.9 Å². The maximum atomic E-state index is 12.3. The average molecular weight is 387 g/mol. The quantitative estimate of drug-likeness (QED) is 0.804. The van der Waals surface area contributed by atoms with Crippen molar-refractivity contribution in [3.8, 4) is 0 Å². The van der Waals surface area contributed by atoms with Crippen LogP contribution in [-0.2, 0) is 4.79 Å². The highest BCUT2D eigenvalue weighted by atomic mass is 35.5. The highest BCUT2D eigenvalue weighted by Crippen LogP contribution is 2.30. The van der Waals surface area contributed by atoms with Gasteiger partial charge in [0.25, 0.3) is 0 Å². The average Bonchev–Trinajstić information content (AvgIpc) is 2.93. The van der Waals surface area contributed by atoms with Crippen LogP contribution in [0.15, 0.2) is 17.4 Å². The Balaban J connectivity index is 1.62. The lowest BCUT2D eigenvalue weighted by atomic mass is 9.78. The molecule has 5 nitrogen and oxygen atoms in total. The number of carbonyl (C=O) groups excluding carboxylic acids is 1. The normalized spacial score (nSPS) is 24.2. The summed E-state index contributed by atoms with van der Waals surface area (Å²) < 4.78 is 1.72. The molecule has 1 aliphatic carbocycles. The summed E-state index contributed by atoms with van der Waals surface area (Å²) in [5.41, 5.74) is 0.540. The molecule has 8 heteroatoms. The minimum absolute atomic E-state index is 0.0239. The minimum atomic E-state index is 0.0239. The number of aromatic nitrogens is 3. The van der Waals surface area contributed by atoms with Gasteiger partial charge in [-0.1, -0.05) is 61.7 Å². The van der Waals surface area contributed by atoms with Gasteiger partial charge in [-0.3, -0.25) is 9.20 Å². The van der Waals surface area contributed by atoms with Crippen molar-refractivity contribution in [2.24, 2.45) is 11.8 Å². The zero-order valence-corrected chi connectivity index (χ0v) is 16.0. The second kappa shape index (κ2) is 7.50. The number of hydrogen-bond donors (Lipinski definition) is 1. The first-order valence-corrected chi connectivity index (χ1v) is 9.82. The van der Waals surface area contributed by atoms with Crippen LogP contribution >= 0.6 is 35.0 Å². The summed E-state index contributed by atoms with van der Waals surface area (Å²) in [5, 5.41) is 12.9. The SMILES string of the molecule is C[C@H]1[C@@H](NC(=O)CSc2nnc3c(Cl)cc(Cl)cn23)CCC[C@@H]1C. The molecule has 0 aromatic carbocycles. The molecule has 0 radical (unpaired) electrons. The zero-order chi connectivity index (χ0) is 17.3. The van der Waals surface area contributed by atoms with Gasteiger partial charge >= 0.3 is 0 Å². The Morgan fingerprint density at radius 2 is 2.17 bits per heavy atom. The van der Waals surface area contributed by atoms with Crippen molar-refractivity contribution in [3.05, 3.63) is 22.3 Å². The lowest BCUT2D eigenvalue weighted by molar-refractivity contribution is -0.120. The number of amides is 1. The molecule has 2 aromatic rings. The summed E-state index contributed by atoms with van der Waals surface area (Å²) in [6.07, 6.45) is 5.18. The van der Waals surface area contributed by atoms with E-state index < -0.39 is 0 Å². The second-order valence-corrected chi connectivity index (χ2v) is 8.20. The van der Waals surface area contributed by atoms with E-state index in [4.69, 9.17) is 23.2 Å². The minimum Gasteiger partial charge on any atom is -0.352 e. The molecule has 2 heterocycles. The predicted molar refractivity (Wildman–Crippen MR) is 97.8 cm³/mol. The lowest BCUT2D eigenvalue weighted by Gasteiger charge is -2.34. The largest absolute Gasteiger partial charge is 0.352 e. The van der Waals surface area contributed by atoms with Crippen LogP contribution in [0.5, 0.6) is 0 Å². The van der Waals surface area contributed by atoms with Gasteiger partial charge in [0.2, 0.25) is 5.91 Å². The number of nitrogens with one attached hydrogen (secondary N) is 1. The number of carbonyl (C=O) groups is 1. The Bertz CT molecular complexity index is 751. The Hall–Kier alpha value is -0.980. The van der Waals surface area contributed by atoms with Crippen LogP contribution in [0.4, 0.5) is 0 Å². The zero-order valence-electron chi connectivity index (χ0n) is 13.6. The van der Waals surface area contributed by atoms with Crippen molar-refractivity contribution in [1.29, 1.82) is 0 Å². The predicted octanol–water partition coefficient (Wildman–Crippen LogP) is 4.07. The van der Waals surface area contributed by atoms with Gasteiger partial charge < -0.3 is 5.32 Å². The van der Waals surface area contributed by atoms with Crippen LogP contribution in [0.3, 0.4) is 0 Å². The number of hydrogen-bond acceptors (Lipinski definition) is 4. The van der Waals surface area contributed by atoms with Crippen molar-refractivity contribution in [3.63, 3.8) is 0 Å². The molecule has 1 N–H and O–H groups in total. The molecule has 1 aliphatic rings. The standard InChI is InChI=1S/C16H20Cl2N4OS/c1-9-4-3-5-13(10(9)2)19-14(23)8-24-16-21-20-15-12(18)6-11(17)7-22(15)16/h6-7,9-10,13H,3-5,8H2,1-2H3,(H,19,23)/t9-,10+,13-/m0/s1. The summed E-state index contributed by atoms with van der Waals surface area (Å²) in [6, 6.07) is 1.89. The molecule has 0 unspecified atom stereocenters. The number of halogens is 2. The van der Waals surface area contributed by atoms with Gasteiger partial charge in [0.15, 0.2) is 10.8 Å². The fraction of sp³-hybridized carbons (Fsp3) is 0.562. The monoisotopic (exact) mass is 386 g/mol. The number of rotatable bonds is 4. The molecule has 0 aliphatic heterocycles. The van der Waals surface area contributed by atoms with Crippen LogP contribution < -0.4 is 5.32 Å². The molecule has 0 bridgehead atoms. The first-order valence-electron chi connectivity index (χ1n) is 8.07. The van der Waals surface area contributed by atoms with Gasteiger partial charge in [-0.15, -0.1) is 10.2 Å². The van der Waals surface area contributed by atoms with E-state index in [0.29, 0.717) is 38.4 Å². The van der Waals surface area contributed by atoms with Crippen molar-refractivity contribution in [2.75, 3.05) is 5.75 Å².